The van der Waals surface area contributed by atoms with Gasteiger partial charge in [-0.3, -0.25) is 4.79 Å². The lowest BCUT2D eigenvalue weighted by Gasteiger charge is -2.03. The molecule has 80 valence electrons. The van der Waals surface area contributed by atoms with E-state index in [9.17, 15) is 4.79 Å². The van der Waals surface area contributed by atoms with Crippen molar-refractivity contribution in [2.45, 2.75) is 13.3 Å². The van der Waals surface area contributed by atoms with Crippen molar-refractivity contribution >= 4 is 12.0 Å². The molecule has 1 aliphatic rings. The smallest absolute Gasteiger partial charge is 0.313 e. The van der Waals surface area contributed by atoms with Crippen molar-refractivity contribution in [3.8, 4) is 0 Å². The molecule has 0 radical (unpaired) electrons. The van der Waals surface area contributed by atoms with Crippen LogP contribution in [-0.4, -0.2) is 22.1 Å². The van der Waals surface area contributed by atoms with Gasteiger partial charge in [0.1, 0.15) is 6.61 Å². The van der Waals surface area contributed by atoms with Crippen LogP contribution < -0.4 is 0 Å². The predicted molar refractivity (Wildman–Crippen MR) is 55.9 cm³/mol. The van der Waals surface area contributed by atoms with Crippen LogP contribution in [0, 0.1) is 5.92 Å². The van der Waals surface area contributed by atoms with Gasteiger partial charge in [0.25, 0.3) is 0 Å². The van der Waals surface area contributed by atoms with Gasteiger partial charge in [-0.25, -0.2) is 4.98 Å². The number of nitrogens with zero attached hydrogens (tertiary/aromatic N) is 2. The first kappa shape index (κ1) is 9.96. The minimum absolute atomic E-state index is 0.0695. The Morgan fingerprint density at radius 1 is 1.73 bits per heavy atom. The summed E-state index contributed by atoms with van der Waals surface area (Å²) in [5.74, 6) is -0.175. The minimum Gasteiger partial charge on any atom is -0.461 e. The van der Waals surface area contributed by atoms with Crippen molar-refractivity contribution in [2.24, 2.45) is 13.0 Å². The van der Waals surface area contributed by atoms with Crippen molar-refractivity contribution in [3.05, 3.63) is 23.8 Å². The molecule has 1 aromatic heterocycles. The van der Waals surface area contributed by atoms with Crippen LogP contribution in [0.3, 0.4) is 0 Å². The molecular formula is C11H14N2O2. The Bertz CT molecular complexity index is 406. The molecule has 0 spiro atoms. The number of cyclic esters (lactones) is 1. The summed E-state index contributed by atoms with van der Waals surface area (Å²) >= 11 is 0. The van der Waals surface area contributed by atoms with Gasteiger partial charge in [0.2, 0.25) is 0 Å². The van der Waals surface area contributed by atoms with E-state index >= 15 is 0 Å². The Labute approximate surface area is 88.6 Å². The van der Waals surface area contributed by atoms with Gasteiger partial charge in [0.05, 0.1) is 24.1 Å². The lowest BCUT2D eigenvalue weighted by molar-refractivity contribution is -0.141. The molecule has 1 atom stereocenters. The molecule has 0 saturated carbocycles. The summed E-state index contributed by atoms with van der Waals surface area (Å²) in [4.78, 5) is 15.4. The van der Waals surface area contributed by atoms with Gasteiger partial charge in [-0.1, -0.05) is 6.92 Å². The van der Waals surface area contributed by atoms with Crippen molar-refractivity contribution in [3.63, 3.8) is 0 Å². The number of ether oxygens (including phenoxy) is 1. The lowest BCUT2D eigenvalue weighted by Crippen LogP contribution is -2.07. The zero-order valence-electron chi connectivity index (χ0n) is 8.93. The topological polar surface area (TPSA) is 44.1 Å². The maximum absolute atomic E-state index is 11.3. The van der Waals surface area contributed by atoms with Crippen molar-refractivity contribution in [2.75, 3.05) is 6.61 Å². The molecule has 0 unspecified atom stereocenters. The number of esters is 1. The summed E-state index contributed by atoms with van der Waals surface area (Å²) in [5, 5.41) is 0. The van der Waals surface area contributed by atoms with Crippen molar-refractivity contribution < 1.29 is 9.53 Å². The fourth-order valence-electron chi connectivity index (χ4n) is 1.77. The number of hydrogen-bond acceptors (Lipinski definition) is 3. The number of aromatic nitrogens is 2. The van der Waals surface area contributed by atoms with Crippen LogP contribution >= 0.6 is 0 Å². The molecule has 0 N–H and O–H groups in total. The molecule has 0 aliphatic carbocycles. The highest BCUT2D eigenvalue weighted by atomic mass is 16.5. The van der Waals surface area contributed by atoms with Crippen LogP contribution in [0.4, 0.5) is 0 Å². The predicted octanol–water partition coefficient (Wildman–Crippen LogP) is 1.39. The average Bonchev–Trinajstić information content (AvgIpc) is 2.76. The van der Waals surface area contributed by atoms with Crippen LogP contribution in [0.2, 0.25) is 0 Å². The molecule has 1 saturated heterocycles. The second-order valence-electron chi connectivity index (χ2n) is 3.72. The number of carbonyl (C=O) groups excluding carboxylic acids is 1. The standard InChI is InChI=1S/C11H14N2O2/c1-3-10-8(6-15-11(10)14)4-9-5-12-7-13(9)2/h4-5,7,10H,3,6H2,1-2H3/b8-4+/t10-/m1/s1. The molecule has 0 aromatic carbocycles. The van der Waals surface area contributed by atoms with E-state index in [1.165, 1.54) is 0 Å². The number of imidazole rings is 1. The zero-order chi connectivity index (χ0) is 10.8. The number of rotatable bonds is 2. The summed E-state index contributed by atoms with van der Waals surface area (Å²) in [7, 11) is 1.93. The summed E-state index contributed by atoms with van der Waals surface area (Å²) in [6, 6.07) is 0. The SMILES string of the molecule is CC[C@H]1C(=O)OC/C1=C\c1cncn1C. The molecule has 2 heterocycles. The van der Waals surface area contributed by atoms with Crippen LogP contribution in [0.5, 0.6) is 0 Å². The Morgan fingerprint density at radius 3 is 3.13 bits per heavy atom. The second kappa shape index (κ2) is 3.88. The molecular weight excluding hydrogens is 192 g/mol. The van der Waals surface area contributed by atoms with E-state index in [0.29, 0.717) is 6.61 Å². The van der Waals surface area contributed by atoms with Gasteiger partial charge in [-0.05, 0) is 18.1 Å². The van der Waals surface area contributed by atoms with Gasteiger partial charge in [-0.2, -0.15) is 0 Å². The monoisotopic (exact) mass is 206 g/mol. The van der Waals surface area contributed by atoms with Gasteiger partial charge in [0.15, 0.2) is 0 Å². The molecule has 1 aromatic rings. The van der Waals surface area contributed by atoms with E-state index in [0.717, 1.165) is 17.7 Å². The number of carbonyl (C=O) groups is 1. The molecule has 1 aliphatic heterocycles. The van der Waals surface area contributed by atoms with E-state index in [2.05, 4.69) is 4.98 Å². The molecule has 4 heteroatoms. The number of aryl methyl sites for hydroxylation is 1. The third-order valence-corrected chi connectivity index (χ3v) is 2.71. The Kier molecular flexibility index (Phi) is 2.58. The van der Waals surface area contributed by atoms with Gasteiger partial charge in [0, 0.05) is 7.05 Å². The Hall–Kier alpha value is -1.58. The quantitative estimate of drug-likeness (QED) is 0.687. The van der Waals surface area contributed by atoms with E-state index in [1.54, 1.807) is 12.5 Å². The van der Waals surface area contributed by atoms with Crippen molar-refractivity contribution in [1.82, 2.24) is 9.55 Å². The van der Waals surface area contributed by atoms with Crippen LogP contribution in [0.25, 0.3) is 6.08 Å². The fourth-order valence-corrected chi connectivity index (χ4v) is 1.77. The highest BCUT2D eigenvalue weighted by Gasteiger charge is 2.29. The first-order chi connectivity index (χ1) is 7.22. The van der Waals surface area contributed by atoms with E-state index in [1.807, 2.05) is 24.6 Å². The van der Waals surface area contributed by atoms with Gasteiger partial charge >= 0.3 is 5.97 Å². The maximum atomic E-state index is 11.3. The van der Waals surface area contributed by atoms with E-state index in [4.69, 9.17) is 4.74 Å². The Balaban J connectivity index is 2.28. The van der Waals surface area contributed by atoms with Crippen LogP contribution in [-0.2, 0) is 16.6 Å². The van der Waals surface area contributed by atoms with Crippen LogP contribution in [0.1, 0.15) is 19.0 Å². The van der Waals surface area contributed by atoms with E-state index in [-0.39, 0.29) is 11.9 Å². The molecule has 1 fully saturated rings. The summed E-state index contributed by atoms with van der Waals surface area (Å²) in [6.45, 7) is 2.41. The molecule has 0 amide bonds. The molecule has 2 rings (SSSR count). The number of hydrogen-bond donors (Lipinski definition) is 0. The molecule has 0 bridgehead atoms. The average molecular weight is 206 g/mol. The molecule has 4 nitrogen and oxygen atoms in total. The fraction of sp³-hybridized carbons (Fsp3) is 0.455. The minimum atomic E-state index is -0.106. The third kappa shape index (κ3) is 1.79. The highest BCUT2D eigenvalue weighted by Crippen LogP contribution is 2.26. The second-order valence-corrected chi connectivity index (χ2v) is 3.72. The largest absolute Gasteiger partial charge is 0.461 e. The first-order valence-corrected chi connectivity index (χ1v) is 5.05. The highest BCUT2D eigenvalue weighted by molar-refractivity contribution is 5.81. The summed E-state index contributed by atoms with van der Waals surface area (Å²) in [5.41, 5.74) is 2.05. The van der Waals surface area contributed by atoms with Gasteiger partial charge in [-0.15, -0.1) is 0 Å². The lowest BCUT2D eigenvalue weighted by atomic mass is 9.98. The Morgan fingerprint density at radius 2 is 2.53 bits per heavy atom. The third-order valence-electron chi connectivity index (χ3n) is 2.71. The summed E-state index contributed by atoms with van der Waals surface area (Å²) < 4.78 is 6.94. The maximum Gasteiger partial charge on any atom is 0.313 e. The van der Waals surface area contributed by atoms with Crippen LogP contribution in [0.15, 0.2) is 18.1 Å². The first-order valence-electron chi connectivity index (χ1n) is 5.05. The van der Waals surface area contributed by atoms with E-state index < -0.39 is 0 Å². The molecule has 15 heavy (non-hydrogen) atoms. The normalized spacial score (nSPS) is 23.5. The van der Waals surface area contributed by atoms with Gasteiger partial charge < -0.3 is 9.30 Å². The zero-order valence-corrected chi connectivity index (χ0v) is 8.93. The summed E-state index contributed by atoms with van der Waals surface area (Å²) in [6.07, 6.45) is 6.31. The van der Waals surface area contributed by atoms with Crippen molar-refractivity contribution in [1.29, 1.82) is 0 Å².